The number of H-pyrrole nitrogens is 1. The zero-order chi connectivity index (χ0) is 14.3. The smallest absolute Gasteiger partial charge is 0.171 e. The largest absolute Gasteiger partial charge is 0.398 e. The van der Waals surface area contributed by atoms with Gasteiger partial charge < -0.3 is 10.7 Å². The van der Waals surface area contributed by atoms with E-state index in [1.165, 1.54) is 23.4 Å². The molecule has 0 bridgehead atoms. The third-order valence-electron chi connectivity index (χ3n) is 2.88. The van der Waals surface area contributed by atoms with E-state index in [0.717, 1.165) is 21.1 Å². The number of nitrogens with two attached hydrogens (primary N) is 1. The second-order valence-corrected chi connectivity index (χ2v) is 6.35. The minimum Gasteiger partial charge on any atom is -0.398 e. The Kier molecular flexibility index (Phi) is 3.43. The standard InChI is InChI=1S/C14H11BrFN3S/c1-7-2-3-11-12(4-7)19-14(18-11)20-13-5-8(15)9(16)6-10(13)17/h2-6H,17H2,1H3,(H,18,19). The molecule has 2 aromatic carbocycles. The summed E-state index contributed by atoms with van der Waals surface area (Å²) >= 11 is 4.54. The van der Waals surface area contributed by atoms with Crippen LogP contribution >= 0.6 is 27.7 Å². The van der Waals surface area contributed by atoms with E-state index in [1.807, 2.05) is 25.1 Å². The lowest BCUT2D eigenvalue weighted by Gasteiger charge is -2.04. The Morgan fingerprint density at radius 2 is 2.10 bits per heavy atom. The van der Waals surface area contributed by atoms with Crippen molar-refractivity contribution in [2.24, 2.45) is 0 Å². The fourth-order valence-corrected chi connectivity index (χ4v) is 3.25. The average molecular weight is 352 g/mol. The summed E-state index contributed by atoms with van der Waals surface area (Å²) in [6.45, 7) is 2.03. The molecule has 0 saturated carbocycles. The van der Waals surface area contributed by atoms with Crippen molar-refractivity contribution in [1.82, 2.24) is 9.97 Å². The number of hydrogen-bond acceptors (Lipinski definition) is 3. The van der Waals surface area contributed by atoms with Crippen molar-refractivity contribution in [2.75, 3.05) is 5.73 Å². The van der Waals surface area contributed by atoms with Crippen LogP contribution in [0.1, 0.15) is 5.56 Å². The minimum absolute atomic E-state index is 0.368. The van der Waals surface area contributed by atoms with E-state index < -0.39 is 0 Å². The average Bonchev–Trinajstić information content (AvgIpc) is 2.77. The van der Waals surface area contributed by atoms with Crippen LogP contribution in [0.2, 0.25) is 0 Å². The lowest BCUT2D eigenvalue weighted by molar-refractivity contribution is 0.620. The first-order chi connectivity index (χ1) is 9.52. The molecule has 0 aliphatic carbocycles. The van der Waals surface area contributed by atoms with Gasteiger partial charge in [0, 0.05) is 10.6 Å². The number of aromatic nitrogens is 2. The number of fused-ring (bicyclic) bond motifs is 1. The highest BCUT2D eigenvalue weighted by Crippen LogP contribution is 2.34. The van der Waals surface area contributed by atoms with Gasteiger partial charge in [-0.1, -0.05) is 6.07 Å². The van der Waals surface area contributed by atoms with Gasteiger partial charge in [-0.3, -0.25) is 0 Å². The van der Waals surface area contributed by atoms with E-state index in [0.29, 0.717) is 10.2 Å². The van der Waals surface area contributed by atoms with Crippen molar-refractivity contribution < 1.29 is 4.39 Å². The van der Waals surface area contributed by atoms with E-state index in [1.54, 1.807) is 6.07 Å². The van der Waals surface area contributed by atoms with Gasteiger partial charge in [-0.05, 0) is 64.4 Å². The number of aromatic amines is 1. The normalized spacial score (nSPS) is 11.2. The number of nitrogens with zero attached hydrogens (tertiary/aromatic N) is 1. The van der Waals surface area contributed by atoms with Crippen LogP contribution in [0.4, 0.5) is 10.1 Å². The van der Waals surface area contributed by atoms with Crippen LogP contribution in [0.15, 0.2) is 44.9 Å². The third-order valence-corrected chi connectivity index (χ3v) is 4.44. The van der Waals surface area contributed by atoms with Crippen LogP contribution in [0, 0.1) is 12.7 Å². The predicted molar refractivity (Wildman–Crippen MR) is 83.5 cm³/mol. The summed E-state index contributed by atoms with van der Waals surface area (Å²) in [5, 5.41) is 0.732. The molecule has 3 aromatic rings. The van der Waals surface area contributed by atoms with Crippen LogP contribution < -0.4 is 5.73 Å². The Morgan fingerprint density at radius 3 is 2.90 bits per heavy atom. The number of nitrogens with one attached hydrogen (secondary N) is 1. The lowest BCUT2D eigenvalue weighted by atomic mass is 10.2. The molecule has 0 aliphatic heterocycles. The number of imidazole rings is 1. The lowest BCUT2D eigenvalue weighted by Crippen LogP contribution is -1.91. The summed E-state index contributed by atoms with van der Waals surface area (Å²) in [5.41, 5.74) is 9.28. The SMILES string of the molecule is Cc1ccc2nc(Sc3cc(Br)c(F)cc3N)[nH]c2c1. The molecular formula is C14H11BrFN3S. The van der Waals surface area contributed by atoms with Crippen LogP contribution in [-0.4, -0.2) is 9.97 Å². The van der Waals surface area contributed by atoms with Crippen LogP contribution in [0.5, 0.6) is 0 Å². The molecule has 0 fully saturated rings. The Hall–Kier alpha value is -1.53. The molecule has 0 unspecified atom stereocenters. The number of rotatable bonds is 2. The van der Waals surface area contributed by atoms with Gasteiger partial charge >= 0.3 is 0 Å². The molecule has 0 amide bonds. The molecule has 0 radical (unpaired) electrons. The fourth-order valence-electron chi connectivity index (χ4n) is 1.88. The minimum atomic E-state index is -0.368. The van der Waals surface area contributed by atoms with Crippen LogP contribution in [0.25, 0.3) is 11.0 Å². The molecule has 0 saturated heterocycles. The van der Waals surface area contributed by atoms with Gasteiger partial charge in [0.05, 0.1) is 15.5 Å². The van der Waals surface area contributed by atoms with Gasteiger partial charge in [-0.15, -0.1) is 0 Å². The van der Waals surface area contributed by atoms with Crippen molar-refractivity contribution in [3.05, 3.63) is 46.2 Å². The fraction of sp³-hybridized carbons (Fsp3) is 0.0714. The number of halogens is 2. The zero-order valence-electron chi connectivity index (χ0n) is 10.6. The van der Waals surface area contributed by atoms with E-state index in [-0.39, 0.29) is 5.82 Å². The van der Waals surface area contributed by atoms with Crippen molar-refractivity contribution in [3.8, 4) is 0 Å². The number of nitrogen functional groups attached to an aromatic ring is 1. The van der Waals surface area contributed by atoms with Crippen molar-refractivity contribution in [2.45, 2.75) is 17.0 Å². The maximum atomic E-state index is 13.4. The predicted octanol–water partition coefficient (Wildman–Crippen LogP) is 4.51. The van der Waals surface area contributed by atoms with Gasteiger partial charge in [-0.25, -0.2) is 9.37 Å². The van der Waals surface area contributed by atoms with E-state index in [2.05, 4.69) is 25.9 Å². The van der Waals surface area contributed by atoms with Gasteiger partial charge in [0.2, 0.25) is 0 Å². The van der Waals surface area contributed by atoms with Gasteiger partial charge in [0.25, 0.3) is 0 Å². The van der Waals surface area contributed by atoms with Crippen LogP contribution in [0.3, 0.4) is 0 Å². The van der Waals surface area contributed by atoms with Crippen LogP contribution in [-0.2, 0) is 0 Å². The van der Waals surface area contributed by atoms with Crippen molar-refractivity contribution in [1.29, 1.82) is 0 Å². The number of aryl methyl sites for hydroxylation is 1. The zero-order valence-corrected chi connectivity index (χ0v) is 13.0. The first-order valence-electron chi connectivity index (χ1n) is 5.91. The Labute approximate surface area is 127 Å². The first kappa shape index (κ1) is 13.5. The monoisotopic (exact) mass is 351 g/mol. The molecule has 3 nitrogen and oxygen atoms in total. The summed E-state index contributed by atoms with van der Waals surface area (Å²) in [6.07, 6.45) is 0. The molecule has 6 heteroatoms. The summed E-state index contributed by atoms with van der Waals surface area (Å²) in [5.74, 6) is -0.368. The molecule has 1 heterocycles. The van der Waals surface area contributed by atoms with E-state index >= 15 is 0 Å². The van der Waals surface area contributed by atoms with Gasteiger partial charge in [0.1, 0.15) is 5.82 Å². The molecule has 0 atom stereocenters. The number of hydrogen-bond donors (Lipinski definition) is 2. The Balaban J connectivity index is 1.99. The van der Waals surface area contributed by atoms with E-state index in [4.69, 9.17) is 5.73 Å². The Bertz CT molecular complexity index is 800. The summed E-state index contributed by atoms with van der Waals surface area (Å²) in [7, 11) is 0. The third kappa shape index (κ3) is 2.53. The number of benzene rings is 2. The molecule has 102 valence electrons. The Morgan fingerprint density at radius 1 is 1.30 bits per heavy atom. The molecule has 0 aliphatic rings. The maximum Gasteiger partial charge on any atom is 0.171 e. The quantitative estimate of drug-likeness (QED) is 0.668. The summed E-state index contributed by atoms with van der Waals surface area (Å²) in [6, 6.07) is 8.99. The topological polar surface area (TPSA) is 54.7 Å². The second kappa shape index (κ2) is 5.10. The van der Waals surface area contributed by atoms with Gasteiger partial charge in [-0.2, -0.15) is 0 Å². The summed E-state index contributed by atoms with van der Waals surface area (Å²) in [4.78, 5) is 8.48. The molecule has 20 heavy (non-hydrogen) atoms. The molecule has 0 spiro atoms. The highest BCUT2D eigenvalue weighted by Gasteiger charge is 2.10. The van der Waals surface area contributed by atoms with Crippen molar-refractivity contribution in [3.63, 3.8) is 0 Å². The highest BCUT2D eigenvalue weighted by atomic mass is 79.9. The molecule has 3 rings (SSSR count). The molecule has 1 aromatic heterocycles. The molecule has 3 N–H and O–H groups in total. The van der Waals surface area contributed by atoms with E-state index in [9.17, 15) is 4.39 Å². The summed E-state index contributed by atoms with van der Waals surface area (Å²) < 4.78 is 13.7. The second-order valence-electron chi connectivity index (χ2n) is 4.47. The molecular weight excluding hydrogens is 341 g/mol. The number of anilines is 1. The first-order valence-corrected chi connectivity index (χ1v) is 7.52. The van der Waals surface area contributed by atoms with Gasteiger partial charge in [0.15, 0.2) is 5.16 Å². The maximum absolute atomic E-state index is 13.4. The highest BCUT2D eigenvalue weighted by molar-refractivity contribution is 9.10. The van der Waals surface area contributed by atoms with Crippen molar-refractivity contribution >= 4 is 44.4 Å².